The van der Waals surface area contributed by atoms with Crippen LogP contribution in [-0.4, -0.2) is 46.5 Å². The quantitative estimate of drug-likeness (QED) is 0.484. The van der Waals surface area contributed by atoms with Crippen LogP contribution >= 0.6 is 11.8 Å². The average Bonchev–Trinajstić information content (AvgIpc) is 2.73. The Morgan fingerprint density at radius 3 is 2.15 bits per heavy atom. The fourth-order valence-electron chi connectivity index (χ4n) is 2.93. The number of nitrogens with one attached hydrogen (secondary N) is 2. The maximum atomic E-state index is 13.0. The van der Waals surface area contributed by atoms with Crippen LogP contribution in [0.1, 0.15) is 37.5 Å². The highest BCUT2D eigenvalue weighted by Gasteiger charge is 2.28. The summed E-state index contributed by atoms with van der Waals surface area (Å²) >= 11 is 1.42. The Morgan fingerprint density at radius 1 is 0.939 bits per heavy atom. The third kappa shape index (κ3) is 9.99. The van der Waals surface area contributed by atoms with E-state index >= 15 is 0 Å². The smallest absolute Gasteiger partial charge is 0.408 e. The van der Waals surface area contributed by atoms with Crippen molar-refractivity contribution >= 4 is 29.7 Å². The Hall–Kier alpha value is -3.00. The molecule has 0 bridgehead atoms. The number of carbonyl (C=O) groups excluding carboxylic acids is 2. The summed E-state index contributed by atoms with van der Waals surface area (Å²) in [6, 6.07) is 15.1. The summed E-state index contributed by atoms with van der Waals surface area (Å²) in [6.07, 6.45) is -0.534. The lowest BCUT2D eigenvalue weighted by Crippen LogP contribution is -2.53. The van der Waals surface area contributed by atoms with Crippen molar-refractivity contribution in [1.29, 1.82) is 0 Å². The summed E-state index contributed by atoms with van der Waals surface area (Å²) in [6.45, 7) is 7.18. The Kier molecular flexibility index (Phi) is 9.78. The molecule has 2 aromatic rings. The predicted molar refractivity (Wildman–Crippen MR) is 130 cm³/mol. The molecule has 0 saturated heterocycles. The van der Waals surface area contributed by atoms with Crippen molar-refractivity contribution in [3.05, 3.63) is 71.3 Å². The lowest BCUT2D eigenvalue weighted by Gasteiger charge is -2.24. The molecule has 2 aromatic carbocycles. The number of carboxylic acid groups (broad SMARTS) is 1. The Bertz CT molecular complexity index is 926. The van der Waals surface area contributed by atoms with Crippen LogP contribution in [0.2, 0.25) is 0 Å². The van der Waals surface area contributed by atoms with Gasteiger partial charge in [0, 0.05) is 17.9 Å². The number of hydrogen-bond acceptors (Lipinski definition) is 5. The van der Waals surface area contributed by atoms with E-state index in [1.807, 2.05) is 61.5 Å². The van der Waals surface area contributed by atoms with E-state index in [9.17, 15) is 19.5 Å². The summed E-state index contributed by atoms with van der Waals surface area (Å²) in [4.78, 5) is 37.1. The van der Waals surface area contributed by atoms with Gasteiger partial charge in [0.1, 0.15) is 17.7 Å². The summed E-state index contributed by atoms with van der Waals surface area (Å²) in [5.41, 5.74) is 2.33. The number of benzene rings is 2. The molecule has 0 fully saturated rings. The first-order valence-electron chi connectivity index (χ1n) is 10.7. The second-order valence-corrected chi connectivity index (χ2v) is 9.82. The van der Waals surface area contributed by atoms with E-state index in [4.69, 9.17) is 4.74 Å². The van der Waals surface area contributed by atoms with Gasteiger partial charge < -0.3 is 20.5 Å². The predicted octanol–water partition coefficient (Wildman–Crippen LogP) is 3.93. The molecule has 0 aliphatic carbocycles. The first-order chi connectivity index (χ1) is 15.5. The summed E-state index contributed by atoms with van der Waals surface area (Å²) in [7, 11) is 0. The van der Waals surface area contributed by atoms with Crippen LogP contribution < -0.4 is 10.6 Å². The topological polar surface area (TPSA) is 105 Å². The van der Waals surface area contributed by atoms with Gasteiger partial charge in [-0.3, -0.25) is 4.79 Å². The Labute approximate surface area is 199 Å². The Balaban J connectivity index is 2.03. The minimum Gasteiger partial charge on any atom is -0.480 e. The van der Waals surface area contributed by atoms with E-state index < -0.39 is 35.7 Å². The molecule has 0 aliphatic rings. The maximum Gasteiger partial charge on any atom is 0.408 e. The van der Waals surface area contributed by atoms with Gasteiger partial charge in [-0.2, -0.15) is 11.8 Å². The van der Waals surface area contributed by atoms with Crippen molar-refractivity contribution in [3.63, 3.8) is 0 Å². The van der Waals surface area contributed by atoms with Gasteiger partial charge in [-0.1, -0.05) is 60.2 Å². The highest BCUT2D eigenvalue weighted by atomic mass is 32.2. The lowest BCUT2D eigenvalue weighted by atomic mass is 10.1. The van der Waals surface area contributed by atoms with E-state index in [-0.39, 0.29) is 12.2 Å². The first kappa shape index (κ1) is 26.3. The molecule has 178 valence electrons. The number of ether oxygens (including phenoxy) is 1. The van der Waals surface area contributed by atoms with Gasteiger partial charge >= 0.3 is 12.1 Å². The van der Waals surface area contributed by atoms with Crippen LogP contribution in [0.5, 0.6) is 0 Å². The fraction of sp³-hybridized carbons (Fsp3) is 0.400. The minimum absolute atomic E-state index is 0.194. The molecule has 0 aliphatic heterocycles. The minimum atomic E-state index is -1.13. The molecular formula is C25H32N2O5S. The largest absolute Gasteiger partial charge is 0.480 e. The zero-order chi connectivity index (χ0) is 24.4. The average molecular weight is 473 g/mol. The van der Waals surface area contributed by atoms with Crippen LogP contribution in [0.4, 0.5) is 4.79 Å². The summed E-state index contributed by atoms with van der Waals surface area (Å²) in [5, 5.41) is 14.8. The summed E-state index contributed by atoms with van der Waals surface area (Å²) in [5.74, 6) is -0.883. The van der Waals surface area contributed by atoms with Crippen molar-refractivity contribution < 1.29 is 24.2 Å². The molecule has 0 saturated carbocycles. The molecule has 0 aromatic heterocycles. The SMILES string of the molecule is Cc1ccc(CSC[C@H](NC(=O)[C@@H](Cc2ccccc2)NC(=O)OC(C)(C)C)C(=O)O)cc1. The zero-order valence-corrected chi connectivity index (χ0v) is 20.3. The van der Waals surface area contributed by atoms with E-state index in [1.54, 1.807) is 20.8 Å². The number of aliphatic carboxylic acids is 1. The van der Waals surface area contributed by atoms with Gasteiger partial charge in [0.2, 0.25) is 5.91 Å². The molecule has 0 radical (unpaired) electrons. The van der Waals surface area contributed by atoms with Crippen molar-refractivity contribution in [3.8, 4) is 0 Å². The number of rotatable bonds is 10. The third-order valence-electron chi connectivity index (χ3n) is 4.58. The van der Waals surface area contributed by atoms with Gasteiger partial charge in [-0.15, -0.1) is 0 Å². The van der Waals surface area contributed by atoms with Gasteiger partial charge in [0.25, 0.3) is 0 Å². The monoisotopic (exact) mass is 472 g/mol. The van der Waals surface area contributed by atoms with Crippen molar-refractivity contribution in [2.75, 3.05) is 5.75 Å². The molecule has 0 heterocycles. The number of carbonyl (C=O) groups is 3. The van der Waals surface area contributed by atoms with Gasteiger partial charge in [0.15, 0.2) is 0 Å². The van der Waals surface area contributed by atoms with E-state index in [1.165, 1.54) is 11.8 Å². The standard InChI is InChI=1S/C25H32N2O5S/c1-17-10-12-19(13-11-17)15-33-16-21(23(29)30)26-22(28)20(14-18-8-6-5-7-9-18)27-24(31)32-25(2,3)4/h5-13,20-21H,14-16H2,1-4H3,(H,26,28)(H,27,31)(H,29,30)/t20-,21+/m1/s1. The number of thioether (sulfide) groups is 1. The molecule has 7 nitrogen and oxygen atoms in total. The third-order valence-corrected chi connectivity index (χ3v) is 5.69. The van der Waals surface area contributed by atoms with Crippen molar-refractivity contribution in [2.45, 2.75) is 57.6 Å². The van der Waals surface area contributed by atoms with Crippen LogP contribution in [-0.2, 0) is 26.5 Å². The van der Waals surface area contributed by atoms with Gasteiger partial charge in [-0.25, -0.2) is 9.59 Å². The fourth-order valence-corrected chi connectivity index (χ4v) is 3.94. The van der Waals surface area contributed by atoms with Crippen LogP contribution in [0.3, 0.4) is 0 Å². The number of amides is 2. The summed E-state index contributed by atoms with van der Waals surface area (Å²) < 4.78 is 5.28. The van der Waals surface area contributed by atoms with Crippen molar-refractivity contribution in [2.24, 2.45) is 0 Å². The maximum absolute atomic E-state index is 13.0. The lowest BCUT2D eigenvalue weighted by molar-refractivity contribution is -0.141. The number of alkyl carbamates (subject to hydrolysis) is 1. The van der Waals surface area contributed by atoms with Gasteiger partial charge in [0.05, 0.1) is 0 Å². The molecule has 2 atom stereocenters. The molecule has 33 heavy (non-hydrogen) atoms. The van der Waals surface area contributed by atoms with Crippen LogP contribution in [0.25, 0.3) is 0 Å². The van der Waals surface area contributed by atoms with E-state index in [2.05, 4.69) is 10.6 Å². The molecule has 2 rings (SSSR count). The Morgan fingerprint density at radius 2 is 1.58 bits per heavy atom. The van der Waals surface area contributed by atoms with Gasteiger partial charge in [-0.05, 0) is 38.8 Å². The molecular weight excluding hydrogens is 440 g/mol. The highest BCUT2D eigenvalue weighted by molar-refractivity contribution is 7.98. The normalized spacial score (nSPS) is 13.0. The number of aryl methyl sites for hydroxylation is 1. The first-order valence-corrected chi connectivity index (χ1v) is 11.9. The van der Waals surface area contributed by atoms with Crippen molar-refractivity contribution in [1.82, 2.24) is 10.6 Å². The molecule has 2 amide bonds. The highest BCUT2D eigenvalue weighted by Crippen LogP contribution is 2.15. The number of hydrogen-bond donors (Lipinski definition) is 3. The van der Waals surface area contributed by atoms with Crippen LogP contribution in [0, 0.1) is 6.92 Å². The van der Waals surface area contributed by atoms with Crippen LogP contribution in [0.15, 0.2) is 54.6 Å². The zero-order valence-electron chi connectivity index (χ0n) is 19.5. The second kappa shape index (κ2) is 12.3. The van der Waals surface area contributed by atoms with E-state index in [0.29, 0.717) is 5.75 Å². The second-order valence-electron chi connectivity index (χ2n) is 8.79. The molecule has 3 N–H and O–H groups in total. The molecule has 0 unspecified atom stereocenters. The van der Waals surface area contributed by atoms with E-state index in [0.717, 1.165) is 16.7 Å². The number of carboxylic acids is 1. The molecule has 0 spiro atoms. The molecule has 8 heteroatoms.